The predicted octanol–water partition coefficient (Wildman–Crippen LogP) is 3.72. The maximum atomic E-state index is 11.9. The maximum absolute atomic E-state index is 11.9. The van der Waals surface area contributed by atoms with E-state index in [4.69, 9.17) is 0 Å². The van der Waals surface area contributed by atoms with Gasteiger partial charge in [0.15, 0.2) is 5.78 Å². The molecule has 2 aromatic rings. The van der Waals surface area contributed by atoms with Gasteiger partial charge in [0.25, 0.3) is 0 Å². The summed E-state index contributed by atoms with van der Waals surface area (Å²) in [6, 6.07) is 9.67. The van der Waals surface area contributed by atoms with Crippen LogP contribution in [0, 0.1) is 0 Å². The van der Waals surface area contributed by atoms with E-state index < -0.39 is 0 Å². The summed E-state index contributed by atoms with van der Waals surface area (Å²) in [6.45, 7) is 0. The summed E-state index contributed by atoms with van der Waals surface area (Å²) in [5.74, 6) is 0.151. The lowest BCUT2D eigenvalue weighted by Crippen LogP contribution is -1.92. The second kappa shape index (κ2) is 2.78. The Morgan fingerprint density at radius 2 is 1.79 bits per heavy atom. The summed E-state index contributed by atoms with van der Waals surface area (Å²) >= 11 is 5.02. The molecule has 1 aliphatic rings. The molecule has 1 heterocycles. The fraction of sp³-hybridized carbons (Fsp3) is 0. The molecule has 1 nitrogen and oxygen atoms in total. The largest absolute Gasteiger partial charge is 0.289 e. The molecule has 0 bridgehead atoms. The second-order valence-electron chi connectivity index (χ2n) is 3.17. The molecule has 0 radical (unpaired) electrons. The number of thiophene rings is 1. The van der Waals surface area contributed by atoms with Crippen molar-refractivity contribution in [3.05, 3.63) is 45.2 Å². The third kappa shape index (κ3) is 0.967. The van der Waals surface area contributed by atoms with E-state index in [1.165, 1.54) is 0 Å². The molecule has 1 aliphatic carbocycles. The van der Waals surface area contributed by atoms with E-state index >= 15 is 0 Å². The normalized spacial score (nSPS) is 12.8. The zero-order valence-electron chi connectivity index (χ0n) is 7.08. The molecule has 1 aromatic heterocycles. The van der Waals surface area contributed by atoms with Crippen molar-refractivity contribution < 1.29 is 4.79 Å². The molecule has 3 heteroatoms. The lowest BCUT2D eigenvalue weighted by atomic mass is 10.1. The van der Waals surface area contributed by atoms with E-state index in [2.05, 4.69) is 15.9 Å². The highest BCUT2D eigenvalue weighted by Crippen LogP contribution is 2.43. The monoisotopic (exact) mass is 264 g/mol. The number of hydrogen-bond acceptors (Lipinski definition) is 2. The molecule has 0 saturated carbocycles. The first-order valence-electron chi connectivity index (χ1n) is 4.21. The van der Waals surface area contributed by atoms with Crippen LogP contribution in [0.25, 0.3) is 10.4 Å². The van der Waals surface area contributed by atoms with Gasteiger partial charge in [0, 0.05) is 21.6 Å². The van der Waals surface area contributed by atoms with Gasteiger partial charge in [-0.2, -0.15) is 0 Å². The van der Waals surface area contributed by atoms with Crippen molar-refractivity contribution in [3.8, 4) is 10.4 Å². The minimum absolute atomic E-state index is 0.151. The second-order valence-corrected chi connectivity index (χ2v) is 5.60. The van der Waals surface area contributed by atoms with Gasteiger partial charge in [-0.3, -0.25) is 4.79 Å². The summed E-state index contributed by atoms with van der Waals surface area (Å²) < 4.78 is 1.02. The van der Waals surface area contributed by atoms with Crippen LogP contribution in [0.1, 0.15) is 15.9 Å². The molecule has 0 unspecified atom stereocenters. The molecule has 68 valence electrons. The van der Waals surface area contributed by atoms with Gasteiger partial charge in [0.2, 0.25) is 0 Å². The molecule has 1 aromatic carbocycles. The Bertz CT molecular complexity index is 542. The van der Waals surface area contributed by atoms with Gasteiger partial charge in [-0.05, 0) is 22.0 Å². The van der Waals surface area contributed by atoms with Crippen LogP contribution in [0.4, 0.5) is 0 Å². The Morgan fingerprint density at radius 3 is 2.57 bits per heavy atom. The number of ketones is 1. The summed E-state index contributed by atoms with van der Waals surface area (Å²) in [7, 11) is 0. The number of rotatable bonds is 0. The van der Waals surface area contributed by atoms with Gasteiger partial charge in [-0.15, -0.1) is 11.3 Å². The minimum Gasteiger partial charge on any atom is -0.289 e. The summed E-state index contributed by atoms with van der Waals surface area (Å²) in [5, 5.41) is 0. The van der Waals surface area contributed by atoms with Crippen LogP contribution in [0.2, 0.25) is 0 Å². The van der Waals surface area contributed by atoms with Crippen molar-refractivity contribution in [2.75, 3.05) is 0 Å². The highest BCUT2D eigenvalue weighted by molar-refractivity contribution is 9.11. The van der Waals surface area contributed by atoms with E-state index in [0.717, 1.165) is 25.4 Å². The molecule has 3 rings (SSSR count). The Kier molecular flexibility index (Phi) is 1.66. The zero-order valence-corrected chi connectivity index (χ0v) is 9.48. The minimum atomic E-state index is 0.151. The first-order chi connectivity index (χ1) is 6.77. The van der Waals surface area contributed by atoms with Crippen molar-refractivity contribution >= 4 is 33.0 Å². The fourth-order valence-corrected chi connectivity index (χ4v) is 3.39. The molecule has 0 N–H and O–H groups in total. The topological polar surface area (TPSA) is 17.1 Å². The Balaban J connectivity index is 2.39. The van der Waals surface area contributed by atoms with Crippen molar-refractivity contribution in [2.24, 2.45) is 0 Å². The van der Waals surface area contributed by atoms with Gasteiger partial charge >= 0.3 is 0 Å². The number of carbonyl (C=O) groups is 1. The highest BCUT2D eigenvalue weighted by atomic mass is 79.9. The third-order valence-electron chi connectivity index (χ3n) is 2.36. The molecular formula is C11H5BrOS. The van der Waals surface area contributed by atoms with Crippen molar-refractivity contribution in [3.63, 3.8) is 0 Å². The van der Waals surface area contributed by atoms with Crippen LogP contribution in [0.5, 0.6) is 0 Å². The summed E-state index contributed by atoms with van der Waals surface area (Å²) in [6.07, 6.45) is 0. The molecule has 0 saturated heterocycles. The van der Waals surface area contributed by atoms with Crippen molar-refractivity contribution in [1.82, 2.24) is 0 Å². The number of hydrogen-bond donors (Lipinski definition) is 0. The van der Waals surface area contributed by atoms with E-state index in [-0.39, 0.29) is 5.78 Å². The number of benzene rings is 1. The molecule has 0 fully saturated rings. The summed E-state index contributed by atoms with van der Waals surface area (Å²) in [5.41, 5.74) is 2.74. The smallest absolute Gasteiger partial charge is 0.195 e. The van der Waals surface area contributed by atoms with Gasteiger partial charge in [0.05, 0.1) is 3.79 Å². The molecule has 0 aliphatic heterocycles. The Labute approximate surface area is 93.5 Å². The Morgan fingerprint density at radius 1 is 1.07 bits per heavy atom. The van der Waals surface area contributed by atoms with Gasteiger partial charge in [-0.1, -0.05) is 24.3 Å². The number of carbonyl (C=O) groups excluding carboxylic acids is 1. The number of halogens is 1. The summed E-state index contributed by atoms with van der Waals surface area (Å²) in [4.78, 5) is 13.0. The fourth-order valence-electron chi connectivity index (χ4n) is 1.75. The third-order valence-corrected chi connectivity index (χ3v) is 4.03. The SMILES string of the molecule is O=C1c2ccccc2-c2sc(Br)cc21. The molecular weight excluding hydrogens is 260 g/mol. The van der Waals surface area contributed by atoms with E-state index in [0.29, 0.717) is 0 Å². The first-order valence-corrected chi connectivity index (χ1v) is 5.82. The van der Waals surface area contributed by atoms with Crippen LogP contribution < -0.4 is 0 Å². The van der Waals surface area contributed by atoms with E-state index in [1.807, 2.05) is 30.3 Å². The van der Waals surface area contributed by atoms with Gasteiger partial charge in [0.1, 0.15) is 0 Å². The van der Waals surface area contributed by atoms with Crippen LogP contribution in [0.3, 0.4) is 0 Å². The highest BCUT2D eigenvalue weighted by Gasteiger charge is 2.28. The first kappa shape index (κ1) is 8.38. The van der Waals surface area contributed by atoms with Crippen LogP contribution in [-0.2, 0) is 0 Å². The molecule has 0 spiro atoms. The van der Waals surface area contributed by atoms with Gasteiger partial charge in [-0.25, -0.2) is 0 Å². The average Bonchev–Trinajstić information content (AvgIpc) is 2.68. The Hall–Kier alpha value is -0.930. The van der Waals surface area contributed by atoms with Gasteiger partial charge < -0.3 is 0 Å². The standard InChI is InChI=1S/C11H5BrOS/c12-9-5-8-10(13)6-3-1-2-4-7(6)11(8)14-9/h1-5H. The average molecular weight is 265 g/mol. The van der Waals surface area contributed by atoms with Crippen molar-refractivity contribution in [2.45, 2.75) is 0 Å². The molecule has 0 atom stereocenters. The lowest BCUT2D eigenvalue weighted by Gasteiger charge is -1.95. The van der Waals surface area contributed by atoms with Crippen molar-refractivity contribution in [1.29, 1.82) is 0 Å². The maximum Gasteiger partial charge on any atom is 0.195 e. The molecule has 0 amide bonds. The van der Waals surface area contributed by atoms with E-state index in [9.17, 15) is 4.79 Å². The van der Waals surface area contributed by atoms with Crippen LogP contribution >= 0.6 is 27.3 Å². The lowest BCUT2D eigenvalue weighted by molar-refractivity contribution is 0.104. The van der Waals surface area contributed by atoms with E-state index in [1.54, 1.807) is 11.3 Å². The number of fused-ring (bicyclic) bond motifs is 3. The van der Waals surface area contributed by atoms with Crippen LogP contribution in [0.15, 0.2) is 34.1 Å². The molecule has 14 heavy (non-hydrogen) atoms. The predicted molar refractivity (Wildman–Crippen MR) is 60.9 cm³/mol. The quantitative estimate of drug-likeness (QED) is 0.605. The van der Waals surface area contributed by atoms with Crippen LogP contribution in [-0.4, -0.2) is 5.78 Å². The zero-order chi connectivity index (χ0) is 9.71.